The van der Waals surface area contributed by atoms with E-state index in [2.05, 4.69) is 20.1 Å². The van der Waals surface area contributed by atoms with E-state index in [0.29, 0.717) is 18.0 Å². The van der Waals surface area contributed by atoms with Crippen molar-refractivity contribution in [2.75, 3.05) is 19.6 Å². The van der Waals surface area contributed by atoms with Crippen molar-refractivity contribution in [3.63, 3.8) is 0 Å². The van der Waals surface area contributed by atoms with Gasteiger partial charge in [-0.2, -0.15) is 4.31 Å². The first kappa shape index (κ1) is 20.3. The Morgan fingerprint density at radius 3 is 2.56 bits per heavy atom. The van der Waals surface area contributed by atoms with Crippen LogP contribution in [0.4, 0.5) is 0 Å². The predicted molar refractivity (Wildman–Crippen MR) is 106 cm³/mol. The lowest BCUT2D eigenvalue weighted by molar-refractivity contribution is 0.307. The van der Waals surface area contributed by atoms with Crippen molar-refractivity contribution >= 4 is 22.4 Å². The number of fused-ring (bicyclic) bond motifs is 1. The van der Waals surface area contributed by atoms with E-state index in [4.69, 9.17) is 0 Å². The quantitative estimate of drug-likeness (QED) is 0.835. The van der Waals surface area contributed by atoms with Gasteiger partial charge in [0.25, 0.3) is 0 Å². The topological polar surface area (TPSA) is 80.1 Å². The van der Waals surface area contributed by atoms with Gasteiger partial charge in [0.15, 0.2) is 0 Å². The number of hydrogen-bond acceptors (Lipinski definition) is 5. The molecule has 0 amide bonds. The van der Waals surface area contributed by atoms with Crippen LogP contribution in [0.25, 0.3) is 0 Å². The fraction of sp³-hybridized carbons (Fsp3) is 0.556. The average molecular weight is 412 g/mol. The lowest BCUT2D eigenvalue weighted by Gasteiger charge is -2.31. The number of aryl methyl sites for hydroxylation is 2. The summed E-state index contributed by atoms with van der Waals surface area (Å²) in [5.41, 5.74) is 1.89. The summed E-state index contributed by atoms with van der Waals surface area (Å²) in [6.07, 6.45) is 1.57. The lowest BCUT2D eigenvalue weighted by atomic mass is 9.97. The summed E-state index contributed by atoms with van der Waals surface area (Å²) in [5.74, 6) is 2.28. The van der Waals surface area contributed by atoms with Gasteiger partial charge in [-0.05, 0) is 38.3 Å². The van der Waals surface area contributed by atoms with Crippen LogP contribution in [0.3, 0.4) is 0 Å². The molecule has 0 radical (unpaired) electrons. The van der Waals surface area contributed by atoms with Crippen LogP contribution in [0.1, 0.15) is 41.5 Å². The summed E-state index contributed by atoms with van der Waals surface area (Å²) in [7, 11) is -3.44. The number of nitrogens with one attached hydrogen (secondary N) is 1. The van der Waals surface area contributed by atoms with Crippen molar-refractivity contribution in [3.05, 3.63) is 41.0 Å². The Hall–Kier alpha value is -1.48. The van der Waals surface area contributed by atoms with Crippen molar-refractivity contribution in [1.82, 2.24) is 24.4 Å². The highest BCUT2D eigenvalue weighted by Gasteiger charge is 2.33. The maximum absolute atomic E-state index is 13.0. The Bertz CT molecular complexity index is 920. The Morgan fingerprint density at radius 2 is 1.85 bits per heavy atom. The van der Waals surface area contributed by atoms with Crippen LogP contribution >= 0.6 is 12.4 Å². The van der Waals surface area contributed by atoms with E-state index in [0.717, 1.165) is 55.3 Å². The summed E-state index contributed by atoms with van der Waals surface area (Å²) >= 11 is 0. The van der Waals surface area contributed by atoms with Crippen LogP contribution in [-0.2, 0) is 23.1 Å². The van der Waals surface area contributed by atoms with Crippen molar-refractivity contribution in [3.8, 4) is 0 Å². The first-order chi connectivity index (χ1) is 12.5. The van der Waals surface area contributed by atoms with Crippen LogP contribution in [0.2, 0.25) is 0 Å². The molecule has 3 heterocycles. The maximum Gasteiger partial charge on any atom is 0.243 e. The molecule has 1 aromatic carbocycles. The van der Waals surface area contributed by atoms with E-state index in [1.165, 1.54) is 0 Å². The number of benzene rings is 1. The minimum Gasteiger partial charge on any atom is -0.312 e. The number of piperidine rings is 1. The van der Waals surface area contributed by atoms with Gasteiger partial charge < -0.3 is 9.88 Å². The number of rotatable bonds is 3. The number of sulfonamides is 1. The molecule has 1 aromatic heterocycles. The molecule has 2 aliphatic rings. The van der Waals surface area contributed by atoms with Gasteiger partial charge in [-0.15, -0.1) is 22.6 Å². The molecule has 9 heteroatoms. The fourth-order valence-electron chi connectivity index (χ4n) is 4.00. The molecule has 1 N–H and O–H groups in total. The molecule has 148 valence electrons. The highest BCUT2D eigenvalue weighted by molar-refractivity contribution is 7.89. The lowest BCUT2D eigenvalue weighted by Crippen LogP contribution is -2.39. The van der Waals surface area contributed by atoms with E-state index >= 15 is 0 Å². The van der Waals surface area contributed by atoms with Crippen LogP contribution < -0.4 is 5.32 Å². The van der Waals surface area contributed by atoms with Gasteiger partial charge in [0.2, 0.25) is 10.0 Å². The van der Waals surface area contributed by atoms with Crippen LogP contribution in [0.15, 0.2) is 23.1 Å². The molecule has 0 spiro atoms. The SMILES string of the molecule is Cc1ccc(S(=O)(=O)N2CCC(c3nnc4n3CCNC4)CC2)c(C)c1.Cl. The molecular weight excluding hydrogens is 386 g/mol. The highest BCUT2D eigenvalue weighted by atomic mass is 35.5. The molecule has 2 aromatic rings. The standard InChI is InChI=1S/C18H25N5O2S.ClH/c1-13-3-4-16(14(2)11-13)26(24,25)22-8-5-15(6-9-22)18-21-20-17-12-19-7-10-23(17)18;/h3-4,11,15,19H,5-10,12H2,1-2H3;1H. The zero-order chi connectivity index (χ0) is 18.3. The molecule has 1 fully saturated rings. The van der Waals surface area contributed by atoms with E-state index in [1.807, 2.05) is 26.0 Å². The third kappa shape index (κ3) is 3.76. The molecular formula is C18H26ClN5O2S. The van der Waals surface area contributed by atoms with E-state index in [1.54, 1.807) is 10.4 Å². The zero-order valence-electron chi connectivity index (χ0n) is 15.7. The second-order valence-electron chi connectivity index (χ2n) is 7.25. The minimum absolute atomic E-state index is 0. The van der Waals surface area contributed by atoms with Crippen molar-refractivity contribution in [2.45, 2.75) is 50.6 Å². The summed E-state index contributed by atoms with van der Waals surface area (Å²) in [6, 6.07) is 5.52. The molecule has 1 saturated heterocycles. The van der Waals surface area contributed by atoms with Gasteiger partial charge >= 0.3 is 0 Å². The first-order valence-corrected chi connectivity index (χ1v) is 10.6. The molecule has 0 saturated carbocycles. The number of aromatic nitrogens is 3. The van der Waals surface area contributed by atoms with Gasteiger partial charge in [-0.25, -0.2) is 8.42 Å². The maximum atomic E-state index is 13.0. The molecule has 4 rings (SSSR count). The minimum atomic E-state index is -3.44. The second kappa shape index (κ2) is 7.87. The Morgan fingerprint density at radius 1 is 1.11 bits per heavy atom. The molecule has 0 aliphatic carbocycles. The summed E-state index contributed by atoms with van der Waals surface area (Å²) in [6.45, 7) is 7.47. The molecule has 0 unspecified atom stereocenters. The van der Waals surface area contributed by atoms with Crippen LogP contribution in [0, 0.1) is 13.8 Å². The first-order valence-electron chi connectivity index (χ1n) is 9.17. The average Bonchev–Trinajstić information content (AvgIpc) is 3.05. The van der Waals surface area contributed by atoms with Crippen LogP contribution in [-0.4, -0.2) is 47.1 Å². The monoisotopic (exact) mass is 411 g/mol. The van der Waals surface area contributed by atoms with Gasteiger partial charge in [0.05, 0.1) is 11.4 Å². The zero-order valence-corrected chi connectivity index (χ0v) is 17.3. The molecule has 2 aliphatic heterocycles. The summed E-state index contributed by atoms with van der Waals surface area (Å²) in [5, 5.41) is 12.0. The normalized spacial score (nSPS) is 18.7. The second-order valence-corrected chi connectivity index (χ2v) is 9.16. The van der Waals surface area contributed by atoms with Gasteiger partial charge in [-0.1, -0.05) is 17.7 Å². The Labute approximate surface area is 166 Å². The van der Waals surface area contributed by atoms with Crippen molar-refractivity contribution < 1.29 is 8.42 Å². The smallest absolute Gasteiger partial charge is 0.243 e. The number of hydrogen-bond donors (Lipinski definition) is 1. The third-order valence-corrected chi connectivity index (χ3v) is 7.48. The van der Waals surface area contributed by atoms with E-state index in [9.17, 15) is 8.42 Å². The Balaban J connectivity index is 0.00000210. The van der Waals surface area contributed by atoms with Crippen molar-refractivity contribution in [2.24, 2.45) is 0 Å². The van der Waals surface area contributed by atoms with Gasteiger partial charge in [-0.3, -0.25) is 0 Å². The highest BCUT2D eigenvalue weighted by Crippen LogP contribution is 2.31. The van der Waals surface area contributed by atoms with Crippen molar-refractivity contribution in [1.29, 1.82) is 0 Å². The number of nitrogens with zero attached hydrogens (tertiary/aromatic N) is 4. The molecule has 27 heavy (non-hydrogen) atoms. The Kier molecular flexibility index (Phi) is 5.90. The number of halogens is 1. The molecule has 7 nitrogen and oxygen atoms in total. The summed E-state index contributed by atoms with van der Waals surface area (Å²) < 4.78 is 29.9. The van der Waals surface area contributed by atoms with E-state index in [-0.39, 0.29) is 18.3 Å². The van der Waals surface area contributed by atoms with Gasteiger partial charge in [0.1, 0.15) is 11.6 Å². The van der Waals surface area contributed by atoms with Gasteiger partial charge in [0, 0.05) is 32.1 Å². The predicted octanol–water partition coefficient (Wildman–Crippen LogP) is 1.99. The van der Waals surface area contributed by atoms with Crippen LogP contribution in [0.5, 0.6) is 0 Å². The summed E-state index contributed by atoms with van der Waals surface area (Å²) in [4.78, 5) is 0.424. The largest absolute Gasteiger partial charge is 0.312 e. The fourth-order valence-corrected chi connectivity index (χ4v) is 5.67. The van der Waals surface area contributed by atoms with E-state index < -0.39 is 10.0 Å². The molecule has 0 bridgehead atoms. The third-order valence-electron chi connectivity index (χ3n) is 5.42. The molecule has 0 atom stereocenters.